The summed E-state index contributed by atoms with van der Waals surface area (Å²) in [5, 5.41) is 3.47. The monoisotopic (exact) mass is 376 g/mol. The molecule has 0 aromatic heterocycles. The Morgan fingerprint density at radius 2 is 1.93 bits per heavy atom. The average molecular weight is 377 g/mol. The Balaban J connectivity index is 1.77. The van der Waals surface area contributed by atoms with E-state index in [1.807, 2.05) is 31.3 Å². The van der Waals surface area contributed by atoms with Gasteiger partial charge in [-0.2, -0.15) is 0 Å². The van der Waals surface area contributed by atoms with Crippen molar-refractivity contribution in [2.24, 2.45) is 10.9 Å². The summed E-state index contributed by atoms with van der Waals surface area (Å²) in [6.07, 6.45) is 1.28. The number of benzene rings is 1. The zero-order valence-corrected chi connectivity index (χ0v) is 17.6. The third kappa shape index (κ3) is 6.61. The van der Waals surface area contributed by atoms with Crippen LogP contribution in [0.15, 0.2) is 29.3 Å². The maximum absolute atomic E-state index is 5.98. The molecule has 1 aromatic carbocycles. The number of hydrogen-bond donors (Lipinski definition) is 1. The molecule has 0 spiro atoms. The van der Waals surface area contributed by atoms with E-state index in [-0.39, 0.29) is 6.10 Å². The van der Waals surface area contributed by atoms with Crippen LogP contribution in [-0.2, 0) is 0 Å². The number of nitrogens with zero attached hydrogens (tertiary/aromatic N) is 3. The lowest BCUT2D eigenvalue weighted by molar-refractivity contribution is 0.221. The Hall–Kier alpha value is -1.95. The number of methoxy groups -OCH3 is 1. The smallest absolute Gasteiger partial charge is 0.193 e. The predicted octanol–water partition coefficient (Wildman–Crippen LogP) is 2.70. The van der Waals surface area contributed by atoms with Gasteiger partial charge in [-0.05, 0) is 56.6 Å². The zero-order valence-electron chi connectivity index (χ0n) is 17.6. The molecule has 0 amide bonds. The zero-order chi connectivity index (χ0) is 19.6. The maximum atomic E-state index is 5.98. The molecule has 152 valence electrons. The van der Waals surface area contributed by atoms with Crippen LogP contribution >= 0.6 is 0 Å². The van der Waals surface area contributed by atoms with E-state index in [4.69, 9.17) is 9.47 Å². The molecule has 1 fully saturated rings. The first-order chi connectivity index (χ1) is 13.1. The summed E-state index contributed by atoms with van der Waals surface area (Å²) >= 11 is 0. The molecule has 0 aliphatic carbocycles. The van der Waals surface area contributed by atoms with Crippen LogP contribution in [0.3, 0.4) is 0 Å². The summed E-state index contributed by atoms with van der Waals surface area (Å²) in [6.45, 7) is 12.8. The largest absolute Gasteiger partial charge is 0.497 e. The van der Waals surface area contributed by atoms with Gasteiger partial charge < -0.3 is 24.6 Å². The summed E-state index contributed by atoms with van der Waals surface area (Å²) in [5.41, 5.74) is 0. The number of hydrogen-bond acceptors (Lipinski definition) is 4. The third-order valence-corrected chi connectivity index (χ3v) is 5.15. The Bertz CT molecular complexity index is 572. The van der Waals surface area contributed by atoms with Crippen molar-refractivity contribution in [3.63, 3.8) is 0 Å². The highest BCUT2D eigenvalue weighted by Gasteiger charge is 2.26. The minimum Gasteiger partial charge on any atom is -0.497 e. The van der Waals surface area contributed by atoms with E-state index in [1.165, 1.54) is 13.0 Å². The SMILES string of the molecule is CCN(CC)CC1CCN(C(=NC)NCC(C)Oc2ccc(OC)cc2)C1. The van der Waals surface area contributed by atoms with E-state index < -0.39 is 0 Å². The number of rotatable bonds is 9. The molecule has 0 saturated carbocycles. The van der Waals surface area contributed by atoms with Gasteiger partial charge in [0, 0.05) is 26.7 Å². The van der Waals surface area contributed by atoms with E-state index in [0.29, 0.717) is 0 Å². The molecule has 2 rings (SSSR count). The van der Waals surface area contributed by atoms with Gasteiger partial charge in [0.25, 0.3) is 0 Å². The minimum atomic E-state index is 0.0456. The van der Waals surface area contributed by atoms with Crippen molar-refractivity contribution in [2.45, 2.75) is 33.3 Å². The first kappa shape index (κ1) is 21.4. The van der Waals surface area contributed by atoms with Crippen molar-refractivity contribution >= 4 is 5.96 Å². The molecule has 0 radical (unpaired) electrons. The second-order valence-corrected chi connectivity index (χ2v) is 7.12. The van der Waals surface area contributed by atoms with Crippen LogP contribution in [0.2, 0.25) is 0 Å². The number of ether oxygens (including phenoxy) is 2. The molecule has 1 heterocycles. The third-order valence-electron chi connectivity index (χ3n) is 5.15. The lowest BCUT2D eigenvalue weighted by atomic mass is 10.1. The average Bonchev–Trinajstić information content (AvgIpc) is 3.15. The van der Waals surface area contributed by atoms with Crippen molar-refractivity contribution in [3.8, 4) is 11.5 Å². The summed E-state index contributed by atoms with van der Waals surface area (Å²) in [6, 6.07) is 7.69. The molecule has 6 heteroatoms. The highest BCUT2D eigenvalue weighted by molar-refractivity contribution is 5.80. The Labute approximate surface area is 164 Å². The van der Waals surface area contributed by atoms with E-state index in [1.54, 1.807) is 7.11 Å². The molecule has 1 N–H and O–H groups in total. The molecular weight excluding hydrogens is 340 g/mol. The van der Waals surface area contributed by atoms with Crippen molar-refractivity contribution in [3.05, 3.63) is 24.3 Å². The fourth-order valence-corrected chi connectivity index (χ4v) is 3.52. The van der Waals surface area contributed by atoms with Crippen LogP contribution in [0, 0.1) is 5.92 Å². The molecule has 1 saturated heterocycles. The van der Waals surface area contributed by atoms with E-state index >= 15 is 0 Å². The van der Waals surface area contributed by atoms with Crippen molar-refractivity contribution in [2.75, 3.05) is 53.4 Å². The van der Waals surface area contributed by atoms with Crippen LogP contribution in [-0.4, -0.2) is 75.3 Å². The molecular formula is C21H36N4O2. The molecule has 2 atom stereocenters. The second-order valence-electron chi connectivity index (χ2n) is 7.12. The fourth-order valence-electron chi connectivity index (χ4n) is 3.52. The molecule has 1 aromatic rings. The maximum Gasteiger partial charge on any atom is 0.193 e. The van der Waals surface area contributed by atoms with Gasteiger partial charge in [0.15, 0.2) is 5.96 Å². The standard InChI is InChI=1S/C21H36N4O2/c1-6-24(7-2)15-18-12-13-25(16-18)21(22-4)23-14-17(3)27-20-10-8-19(26-5)9-11-20/h8-11,17-18H,6-7,12-16H2,1-5H3,(H,22,23). The van der Waals surface area contributed by atoms with Gasteiger partial charge in [-0.3, -0.25) is 4.99 Å². The highest BCUT2D eigenvalue weighted by atomic mass is 16.5. The van der Waals surface area contributed by atoms with Crippen LogP contribution in [0.4, 0.5) is 0 Å². The number of guanidine groups is 1. The predicted molar refractivity (Wildman–Crippen MR) is 112 cm³/mol. The van der Waals surface area contributed by atoms with Crippen LogP contribution in [0.1, 0.15) is 27.2 Å². The molecule has 27 heavy (non-hydrogen) atoms. The van der Waals surface area contributed by atoms with Crippen molar-refractivity contribution in [1.82, 2.24) is 15.1 Å². The molecule has 1 aliphatic heterocycles. The van der Waals surface area contributed by atoms with Gasteiger partial charge in [-0.15, -0.1) is 0 Å². The van der Waals surface area contributed by atoms with Crippen LogP contribution < -0.4 is 14.8 Å². The lowest BCUT2D eigenvalue weighted by Gasteiger charge is -2.25. The van der Waals surface area contributed by atoms with Crippen LogP contribution in [0.5, 0.6) is 11.5 Å². The molecule has 6 nitrogen and oxygen atoms in total. The fraction of sp³-hybridized carbons (Fsp3) is 0.667. The molecule has 1 aliphatic rings. The first-order valence-electron chi connectivity index (χ1n) is 10.1. The summed E-state index contributed by atoms with van der Waals surface area (Å²) < 4.78 is 11.2. The van der Waals surface area contributed by atoms with Crippen molar-refractivity contribution in [1.29, 1.82) is 0 Å². The normalized spacial score (nSPS) is 18.7. The summed E-state index contributed by atoms with van der Waals surface area (Å²) in [7, 11) is 3.52. The van der Waals surface area contributed by atoms with Crippen LogP contribution in [0.25, 0.3) is 0 Å². The Morgan fingerprint density at radius 3 is 2.52 bits per heavy atom. The van der Waals surface area contributed by atoms with E-state index in [0.717, 1.165) is 56.1 Å². The van der Waals surface area contributed by atoms with Gasteiger partial charge in [0.2, 0.25) is 0 Å². The first-order valence-corrected chi connectivity index (χ1v) is 10.1. The number of likely N-dealkylation sites (tertiary alicyclic amines) is 1. The quantitative estimate of drug-likeness (QED) is 0.530. The second kappa shape index (κ2) is 11.0. The summed E-state index contributed by atoms with van der Waals surface area (Å²) in [5.74, 6) is 3.38. The lowest BCUT2D eigenvalue weighted by Crippen LogP contribution is -2.44. The highest BCUT2D eigenvalue weighted by Crippen LogP contribution is 2.19. The minimum absolute atomic E-state index is 0.0456. The van der Waals surface area contributed by atoms with E-state index in [2.05, 4.69) is 40.9 Å². The van der Waals surface area contributed by atoms with Gasteiger partial charge in [0.1, 0.15) is 17.6 Å². The number of nitrogens with one attached hydrogen (secondary N) is 1. The molecule has 0 bridgehead atoms. The van der Waals surface area contributed by atoms with Crippen molar-refractivity contribution < 1.29 is 9.47 Å². The Morgan fingerprint density at radius 1 is 1.26 bits per heavy atom. The van der Waals surface area contributed by atoms with Gasteiger partial charge >= 0.3 is 0 Å². The summed E-state index contributed by atoms with van der Waals surface area (Å²) in [4.78, 5) is 9.35. The van der Waals surface area contributed by atoms with Gasteiger partial charge in [0.05, 0.1) is 13.7 Å². The number of aliphatic imine (C=N–C) groups is 1. The van der Waals surface area contributed by atoms with Gasteiger partial charge in [-0.1, -0.05) is 13.8 Å². The van der Waals surface area contributed by atoms with Gasteiger partial charge in [-0.25, -0.2) is 0 Å². The topological polar surface area (TPSA) is 49.3 Å². The van der Waals surface area contributed by atoms with E-state index in [9.17, 15) is 0 Å². The molecule has 2 unspecified atom stereocenters. The Kier molecular flexibility index (Phi) is 8.72.